The number of sulfonamides is 1. The molecule has 0 aliphatic rings. The maximum atomic E-state index is 12.7. The standard InChI is InChI=1S/C12H21BrN2O4S/c1-9(2)15(5-6-18-4)20(16,17)11-7-10(8-14-3)19-12(11)13/h7,9,14H,5-6,8H2,1-4H3. The highest BCUT2D eigenvalue weighted by atomic mass is 79.9. The van der Waals surface area contributed by atoms with E-state index in [-0.39, 0.29) is 15.6 Å². The third-order valence-electron chi connectivity index (χ3n) is 2.74. The number of furan rings is 1. The third-order valence-corrected chi connectivity index (χ3v) is 5.67. The van der Waals surface area contributed by atoms with Crippen LogP contribution in [0.2, 0.25) is 0 Å². The second-order valence-corrected chi connectivity index (χ2v) is 7.16. The lowest BCUT2D eigenvalue weighted by Gasteiger charge is -2.24. The minimum Gasteiger partial charge on any atom is -0.452 e. The van der Waals surface area contributed by atoms with Crippen molar-refractivity contribution in [3.63, 3.8) is 0 Å². The zero-order valence-electron chi connectivity index (χ0n) is 12.1. The molecule has 0 spiro atoms. The summed E-state index contributed by atoms with van der Waals surface area (Å²) in [6.07, 6.45) is 0. The minimum absolute atomic E-state index is 0.146. The van der Waals surface area contributed by atoms with Gasteiger partial charge in [0.15, 0.2) is 4.67 Å². The van der Waals surface area contributed by atoms with Crippen LogP contribution in [0.3, 0.4) is 0 Å². The molecule has 1 aromatic heterocycles. The second-order valence-electron chi connectivity index (χ2n) is 4.58. The molecule has 0 aliphatic carbocycles. The van der Waals surface area contributed by atoms with E-state index in [1.54, 1.807) is 14.2 Å². The molecule has 0 saturated carbocycles. The largest absolute Gasteiger partial charge is 0.452 e. The Morgan fingerprint density at radius 3 is 2.65 bits per heavy atom. The van der Waals surface area contributed by atoms with Crippen LogP contribution in [0.1, 0.15) is 19.6 Å². The van der Waals surface area contributed by atoms with Gasteiger partial charge in [0.2, 0.25) is 10.0 Å². The maximum Gasteiger partial charge on any atom is 0.247 e. The molecule has 8 heteroatoms. The molecule has 0 unspecified atom stereocenters. The average molecular weight is 369 g/mol. The first-order chi connectivity index (χ1) is 9.34. The summed E-state index contributed by atoms with van der Waals surface area (Å²) in [7, 11) is -0.303. The normalized spacial score (nSPS) is 12.6. The van der Waals surface area contributed by atoms with Gasteiger partial charge >= 0.3 is 0 Å². The Labute approximate surface area is 128 Å². The summed E-state index contributed by atoms with van der Waals surface area (Å²) in [5.41, 5.74) is 0. The Hall–Kier alpha value is -0.410. The van der Waals surface area contributed by atoms with Crippen LogP contribution in [0.15, 0.2) is 20.0 Å². The molecule has 20 heavy (non-hydrogen) atoms. The van der Waals surface area contributed by atoms with Gasteiger partial charge in [-0.2, -0.15) is 4.31 Å². The van der Waals surface area contributed by atoms with Crippen LogP contribution in [0, 0.1) is 0 Å². The van der Waals surface area contributed by atoms with Crippen molar-refractivity contribution in [3.05, 3.63) is 16.5 Å². The van der Waals surface area contributed by atoms with E-state index in [0.717, 1.165) is 0 Å². The van der Waals surface area contributed by atoms with Crippen molar-refractivity contribution >= 4 is 26.0 Å². The highest BCUT2D eigenvalue weighted by molar-refractivity contribution is 9.10. The highest BCUT2D eigenvalue weighted by Gasteiger charge is 2.31. The van der Waals surface area contributed by atoms with Crippen molar-refractivity contribution in [2.45, 2.75) is 31.3 Å². The first-order valence-electron chi connectivity index (χ1n) is 6.28. The minimum atomic E-state index is -3.62. The molecular formula is C12H21BrN2O4S. The van der Waals surface area contributed by atoms with E-state index in [0.29, 0.717) is 25.5 Å². The lowest BCUT2D eigenvalue weighted by atomic mass is 10.4. The van der Waals surface area contributed by atoms with Crippen molar-refractivity contribution in [1.29, 1.82) is 0 Å². The molecule has 6 nitrogen and oxygen atoms in total. The molecular weight excluding hydrogens is 348 g/mol. The number of ether oxygens (including phenoxy) is 1. The van der Waals surface area contributed by atoms with Crippen LogP contribution in [0.5, 0.6) is 0 Å². The fourth-order valence-electron chi connectivity index (χ4n) is 1.80. The number of hydrogen-bond acceptors (Lipinski definition) is 5. The maximum absolute atomic E-state index is 12.7. The molecule has 116 valence electrons. The molecule has 0 radical (unpaired) electrons. The van der Waals surface area contributed by atoms with E-state index < -0.39 is 10.0 Å². The monoisotopic (exact) mass is 368 g/mol. The smallest absolute Gasteiger partial charge is 0.247 e. The van der Waals surface area contributed by atoms with Crippen molar-refractivity contribution in [2.24, 2.45) is 0 Å². The Kier molecular flexibility index (Phi) is 6.67. The molecule has 0 atom stereocenters. The Balaban J connectivity index is 3.12. The van der Waals surface area contributed by atoms with E-state index in [9.17, 15) is 8.42 Å². The molecule has 1 rings (SSSR count). The summed E-state index contributed by atoms with van der Waals surface area (Å²) in [5.74, 6) is 0.563. The lowest BCUT2D eigenvalue weighted by Crippen LogP contribution is -2.39. The number of nitrogens with one attached hydrogen (secondary N) is 1. The van der Waals surface area contributed by atoms with Gasteiger partial charge in [-0.3, -0.25) is 0 Å². The topological polar surface area (TPSA) is 71.8 Å². The molecule has 0 saturated heterocycles. The Morgan fingerprint density at radius 2 is 2.15 bits per heavy atom. The van der Waals surface area contributed by atoms with Crippen LogP contribution in [0.25, 0.3) is 0 Å². The van der Waals surface area contributed by atoms with E-state index in [1.165, 1.54) is 10.4 Å². The van der Waals surface area contributed by atoms with Gasteiger partial charge in [-0.1, -0.05) is 0 Å². The number of hydrogen-bond donors (Lipinski definition) is 1. The predicted molar refractivity (Wildman–Crippen MR) is 80.1 cm³/mol. The fraction of sp³-hybridized carbons (Fsp3) is 0.667. The number of rotatable bonds is 8. The quantitative estimate of drug-likeness (QED) is 0.757. The molecule has 0 aromatic carbocycles. The van der Waals surface area contributed by atoms with Crippen LogP contribution in [0.4, 0.5) is 0 Å². The first-order valence-corrected chi connectivity index (χ1v) is 8.51. The van der Waals surface area contributed by atoms with Gasteiger partial charge in [-0.05, 0) is 36.8 Å². The predicted octanol–water partition coefficient (Wildman–Crippen LogP) is 1.81. The van der Waals surface area contributed by atoms with Gasteiger partial charge < -0.3 is 14.5 Å². The molecule has 0 amide bonds. The van der Waals surface area contributed by atoms with Crippen molar-refractivity contribution in [2.75, 3.05) is 27.3 Å². The van der Waals surface area contributed by atoms with E-state index >= 15 is 0 Å². The number of nitrogens with zero attached hydrogens (tertiary/aromatic N) is 1. The van der Waals surface area contributed by atoms with Gasteiger partial charge in [-0.25, -0.2) is 8.42 Å². The lowest BCUT2D eigenvalue weighted by molar-refractivity contribution is 0.171. The zero-order valence-corrected chi connectivity index (χ0v) is 14.5. The summed E-state index contributed by atoms with van der Waals surface area (Å²) in [5, 5.41) is 2.92. The summed E-state index contributed by atoms with van der Waals surface area (Å²) in [6.45, 7) is 4.77. The summed E-state index contributed by atoms with van der Waals surface area (Å²) >= 11 is 3.18. The first kappa shape index (κ1) is 17.6. The highest BCUT2D eigenvalue weighted by Crippen LogP contribution is 2.29. The summed E-state index contributed by atoms with van der Waals surface area (Å²) in [4.78, 5) is 0.146. The fourth-order valence-corrected chi connectivity index (χ4v) is 4.38. The summed E-state index contributed by atoms with van der Waals surface area (Å²) < 4.78 is 37.4. The number of methoxy groups -OCH3 is 1. The van der Waals surface area contributed by atoms with E-state index in [2.05, 4.69) is 21.2 Å². The van der Waals surface area contributed by atoms with Crippen molar-refractivity contribution < 1.29 is 17.6 Å². The molecule has 1 N–H and O–H groups in total. The zero-order chi connectivity index (χ0) is 15.3. The molecule has 1 heterocycles. The van der Waals surface area contributed by atoms with Crippen molar-refractivity contribution in [1.82, 2.24) is 9.62 Å². The number of halogens is 1. The average Bonchev–Trinajstić information content (AvgIpc) is 2.71. The van der Waals surface area contributed by atoms with Crippen molar-refractivity contribution in [3.8, 4) is 0 Å². The van der Waals surface area contributed by atoms with Crippen LogP contribution < -0.4 is 5.32 Å². The summed E-state index contributed by atoms with van der Waals surface area (Å²) in [6, 6.07) is 1.38. The molecule has 1 aromatic rings. The van der Waals surface area contributed by atoms with E-state index in [1.807, 2.05) is 13.8 Å². The van der Waals surface area contributed by atoms with Crippen LogP contribution in [-0.2, 0) is 21.3 Å². The van der Waals surface area contributed by atoms with E-state index in [4.69, 9.17) is 9.15 Å². The van der Waals surface area contributed by atoms with Gasteiger partial charge in [0.05, 0.1) is 13.2 Å². The molecule has 0 bridgehead atoms. The van der Waals surface area contributed by atoms with Crippen LogP contribution >= 0.6 is 15.9 Å². The Bertz CT molecular complexity index is 528. The van der Waals surface area contributed by atoms with Gasteiger partial charge in [0.25, 0.3) is 0 Å². The third kappa shape index (κ3) is 4.05. The van der Waals surface area contributed by atoms with Gasteiger partial charge in [0.1, 0.15) is 10.7 Å². The van der Waals surface area contributed by atoms with Gasteiger partial charge in [-0.15, -0.1) is 0 Å². The molecule has 0 aliphatic heterocycles. The van der Waals surface area contributed by atoms with Gasteiger partial charge in [0, 0.05) is 25.8 Å². The van der Waals surface area contributed by atoms with Crippen LogP contribution in [-0.4, -0.2) is 46.1 Å². The second kappa shape index (κ2) is 7.56. The SMILES string of the molecule is CNCc1cc(S(=O)(=O)N(CCOC)C(C)C)c(Br)o1. The molecule has 0 fully saturated rings. The Morgan fingerprint density at radius 1 is 1.50 bits per heavy atom.